The van der Waals surface area contributed by atoms with Gasteiger partial charge in [0.05, 0.1) is 20.4 Å². The molecule has 7 heteroatoms. The Balaban J connectivity index is 1.44. The number of amides is 2. The second kappa shape index (κ2) is 10.8. The number of nitrogens with one attached hydrogen (secondary N) is 2. The average Bonchev–Trinajstić information content (AvgIpc) is 2.79. The summed E-state index contributed by atoms with van der Waals surface area (Å²) < 4.78 is 10.5. The molecule has 0 atom stereocenters. The highest BCUT2D eigenvalue weighted by molar-refractivity contribution is 6.01. The molecule has 3 rings (SSSR count). The summed E-state index contributed by atoms with van der Waals surface area (Å²) in [4.78, 5) is 24.0. The van der Waals surface area contributed by atoms with Crippen LogP contribution in [0.15, 0.2) is 65.8 Å². The first-order valence-corrected chi connectivity index (χ1v) is 9.88. The van der Waals surface area contributed by atoms with Gasteiger partial charge in [-0.1, -0.05) is 48.5 Å². The molecule has 0 unspecified atom stereocenters. The summed E-state index contributed by atoms with van der Waals surface area (Å²) in [5.74, 6) is 0.448. The Morgan fingerprint density at radius 3 is 2.52 bits per heavy atom. The van der Waals surface area contributed by atoms with Crippen LogP contribution in [0.2, 0.25) is 0 Å². The number of methoxy groups -OCH3 is 2. The number of nitrogens with zero attached hydrogens (tertiary/aromatic N) is 1. The van der Waals surface area contributed by atoms with Gasteiger partial charge in [-0.15, -0.1) is 0 Å². The fraction of sp³-hybridized carbons (Fsp3) is 0.208. The van der Waals surface area contributed by atoms with Gasteiger partial charge >= 0.3 is 0 Å². The minimum absolute atomic E-state index is 0.293. The van der Waals surface area contributed by atoms with E-state index in [0.29, 0.717) is 24.5 Å². The van der Waals surface area contributed by atoms with Gasteiger partial charge in [-0.2, -0.15) is 5.10 Å². The zero-order valence-corrected chi connectivity index (χ0v) is 17.6. The van der Waals surface area contributed by atoms with Gasteiger partial charge in [-0.3, -0.25) is 9.59 Å². The van der Waals surface area contributed by atoms with E-state index in [1.54, 1.807) is 20.4 Å². The highest BCUT2D eigenvalue weighted by atomic mass is 16.5. The van der Waals surface area contributed by atoms with Crippen molar-refractivity contribution in [1.82, 2.24) is 10.7 Å². The van der Waals surface area contributed by atoms with E-state index in [1.807, 2.05) is 60.7 Å². The Hall–Kier alpha value is -3.87. The van der Waals surface area contributed by atoms with Crippen molar-refractivity contribution in [2.45, 2.75) is 12.8 Å². The number of benzene rings is 3. The molecule has 3 aromatic rings. The molecule has 3 aromatic carbocycles. The monoisotopic (exact) mass is 419 g/mol. The first-order valence-electron chi connectivity index (χ1n) is 9.88. The van der Waals surface area contributed by atoms with Crippen molar-refractivity contribution in [2.24, 2.45) is 5.10 Å². The van der Waals surface area contributed by atoms with Gasteiger partial charge in [-0.25, -0.2) is 5.43 Å². The van der Waals surface area contributed by atoms with Crippen molar-refractivity contribution in [3.05, 3.63) is 71.8 Å². The first kappa shape index (κ1) is 21.8. The second-order valence-electron chi connectivity index (χ2n) is 6.83. The zero-order chi connectivity index (χ0) is 22.1. The van der Waals surface area contributed by atoms with Crippen molar-refractivity contribution in [1.29, 1.82) is 0 Å². The van der Waals surface area contributed by atoms with Gasteiger partial charge < -0.3 is 14.8 Å². The zero-order valence-electron chi connectivity index (χ0n) is 17.6. The first-order chi connectivity index (χ1) is 15.1. The molecule has 0 saturated heterocycles. The molecule has 2 amide bonds. The van der Waals surface area contributed by atoms with Crippen molar-refractivity contribution in [2.75, 3.05) is 20.8 Å². The van der Waals surface area contributed by atoms with E-state index in [9.17, 15) is 9.59 Å². The molecule has 0 fully saturated rings. The molecular formula is C24H25N3O4. The largest absolute Gasteiger partial charge is 0.493 e. The normalized spacial score (nSPS) is 10.8. The number of hydrogen-bond donors (Lipinski definition) is 2. The van der Waals surface area contributed by atoms with Crippen LogP contribution in [0.25, 0.3) is 10.8 Å². The summed E-state index contributed by atoms with van der Waals surface area (Å²) >= 11 is 0. The molecule has 0 aliphatic heterocycles. The number of carbonyl (C=O) groups excluding carboxylic acids is 2. The van der Waals surface area contributed by atoms with Crippen molar-refractivity contribution >= 4 is 28.8 Å². The van der Waals surface area contributed by atoms with Crippen LogP contribution in [0.4, 0.5) is 0 Å². The van der Waals surface area contributed by atoms with Gasteiger partial charge in [0, 0.05) is 12.1 Å². The molecule has 0 heterocycles. The smallest absolute Gasteiger partial charge is 0.249 e. The Labute approximate surface area is 181 Å². The van der Waals surface area contributed by atoms with Crippen molar-refractivity contribution < 1.29 is 19.1 Å². The lowest BCUT2D eigenvalue weighted by Crippen LogP contribution is -2.31. The Morgan fingerprint density at radius 2 is 1.71 bits per heavy atom. The average molecular weight is 419 g/mol. The van der Waals surface area contributed by atoms with Crippen molar-refractivity contribution in [3.63, 3.8) is 0 Å². The Bertz CT molecular complexity index is 1090. The molecule has 160 valence electrons. The number of fused-ring (bicyclic) bond motifs is 1. The Kier molecular flexibility index (Phi) is 7.59. The SMILES string of the molecule is COc1ccc(CCNC(=O)CC(=O)N/N=C\c2cccc3ccccc23)cc1OC. The van der Waals surface area contributed by atoms with E-state index in [2.05, 4.69) is 15.8 Å². The number of carbonyl (C=O) groups is 2. The molecule has 0 spiro atoms. The highest BCUT2D eigenvalue weighted by Gasteiger charge is 2.09. The number of ether oxygens (including phenoxy) is 2. The predicted molar refractivity (Wildman–Crippen MR) is 121 cm³/mol. The molecule has 0 aliphatic rings. The molecule has 0 saturated carbocycles. The summed E-state index contributed by atoms with van der Waals surface area (Å²) in [6.45, 7) is 0.404. The van der Waals surface area contributed by atoms with Crippen LogP contribution in [0.3, 0.4) is 0 Å². The fourth-order valence-corrected chi connectivity index (χ4v) is 3.17. The number of rotatable bonds is 9. The third-order valence-electron chi connectivity index (χ3n) is 4.72. The van der Waals surface area contributed by atoms with E-state index >= 15 is 0 Å². The van der Waals surface area contributed by atoms with Crippen LogP contribution in [0.5, 0.6) is 11.5 Å². The lowest BCUT2D eigenvalue weighted by atomic mass is 10.1. The lowest BCUT2D eigenvalue weighted by Gasteiger charge is -2.10. The van der Waals surface area contributed by atoms with Gasteiger partial charge in [0.15, 0.2) is 11.5 Å². The number of hydrazone groups is 1. The van der Waals surface area contributed by atoms with E-state index in [0.717, 1.165) is 21.9 Å². The predicted octanol–water partition coefficient (Wildman–Crippen LogP) is 3.06. The van der Waals surface area contributed by atoms with Gasteiger partial charge in [-0.05, 0) is 34.9 Å². The quantitative estimate of drug-likeness (QED) is 0.317. The minimum atomic E-state index is -0.472. The molecule has 0 bridgehead atoms. The molecule has 0 aromatic heterocycles. The molecule has 31 heavy (non-hydrogen) atoms. The summed E-state index contributed by atoms with van der Waals surface area (Å²) in [6, 6.07) is 19.4. The third kappa shape index (κ3) is 6.05. The second-order valence-corrected chi connectivity index (χ2v) is 6.83. The van der Waals surface area contributed by atoms with E-state index in [4.69, 9.17) is 9.47 Å². The standard InChI is InChI=1S/C24H25N3O4/c1-30-21-11-10-17(14-22(21)31-2)12-13-25-23(28)15-24(29)27-26-16-19-8-5-7-18-6-3-4-9-20(18)19/h3-11,14,16H,12-13,15H2,1-2H3,(H,25,28)(H,27,29)/b26-16-. The number of hydrogen-bond acceptors (Lipinski definition) is 5. The summed E-state index contributed by atoms with van der Waals surface area (Å²) in [6.07, 6.45) is 1.89. The lowest BCUT2D eigenvalue weighted by molar-refractivity contribution is -0.129. The van der Waals surface area contributed by atoms with Crippen LogP contribution in [-0.4, -0.2) is 38.8 Å². The minimum Gasteiger partial charge on any atom is -0.493 e. The molecule has 2 N–H and O–H groups in total. The van der Waals surface area contributed by atoms with Gasteiger partial charge in [0.1, 0.15) is 6.42 Å². The maximum atomic E-state index is 12.0. The maximum absolute atomic E-state index is 12.0. The van der Waals surface area contributed by atoms with Gasteiger partial charge in [0.25, 0.3) is 0 Å². The van der Waals surface area contributed by atoms with Crippen LogP contribution < -0.4 is 20.2 Å². The summed E-state index contributed by atoms with van der Waals surface area (Å²) in [5, 5.41) is 8.84. The molecule has 7 nitrogen and oxygen atoms in total. The van der Waals surface area contributed by atoms with E-state index in [-0.39, 0.29) is 12.3 Å². The molecular weight excluding hydrogens is 394 g/mol. The van der Waals surface area contributed by atoms with Crippen LogP contribution in [-0.2, 0) is 16.0 Å². The topological polar surface area (TPSA) is 89.0 Å². The van der Waals surface area contributed by atoms with Crippen LogP contribution in [0, 0.1) is 0 Å². The van der Waals surface area contributed by atoms with E-state index < -0.39 is 5.91 Å². The molecule has 0 radical (unpaired) electrons. The third-order valence-corrected chi connectivity index (χ3v) is 4.72. The van der Waals surface area contributed by atoms with Gasteiger partial charge in [0.2, 0.25) is 11.8 Å². The summed E-state index contributed by atoms with van der Waals surface area (Å²) in [7, 11) is 3.15. The van der Waals surface area contributed by atoms with Crippen LogP contribution in [0.1, 0.15) is 17.5 Å². The van der Waals surface area contributed by atoms with Crippen molar-refractivity contribution in [3.8, 4) is 11.5 Å². The Morgan fingerprint density at radius 1 is 0.935 bits per heavy atom. The highest BCUT2D eigenvalue weighted by Crippen LogP contribution is 2.27. The van der Waals surface area contributed by atoms with E-state index in [1.165, 1.54) is 0 Å². The fourth-order valence-electron chi connectivity index (χ4n) is 3.17. The summed E-state index contributed by atoms with van der Waals surface area (Å²) in [5.41, 5.74) is 4.28. The molecule has 0 aliphatic carbocycles. The van der Waals surface area contributed by atoms with Crippen LogP contribution >= 0.6 is 0 Å². The maximum Gasteiger partial charge on any atom is 0.249 e.